The Kier molecular flexibility index (Phi) is 8.62. The molecule has 236 valence electrons. The average Bonchev–Trinajstić information content (AvgIpc) is 3.53. The van der Waals surface area contributed by atoms with Crippen LogP contribution in [0.4, 0.5) is 5.82 Å². The molecule has 6 rings (SSSR count). The summed E-state index contributed by atoms with van der Waals surface area (Å²) in [4.78, 5) is 20.0. The standard InChI is InChI=1S/C34H38ClN5O4S/c1-19-15-25-30(28(20-7-10-22(35)11-8-20)27(19)29(33(41)42)44-34(2,3)4)45-32(37-25)21-9-12-26-24(16-21)31(38-39(26)6)40-17-23(18-40)43-14-13-36-5/h7-12,15-16,23,29,36H,13-14,17-18H2,1-6H3,(H,41,42)/t29-/m0/s1. The van der Waals surface area contributed by atoms with Gasteiger partial charge in [0.25, 0.3) is 0 Å². The van der Waals surface area contributed by atoms with Gasteiger partial charge in [0.1, 0.15) is 5.01 Å². The lowest BCUT2D eigenvalue weighted by molar-refractivity contribution is -0.160. The van der Waals surface area contributed by atoms with Gasteiger partial charge < -0.3 is 24.8 Å². The van der Waals surface area contributed by atoms with Gasteiger partial charge in [0.05, 0.1) is 34.0 Å². The van der Waals surface area contributed by atoms with Gasteiger partial charge in [-0.2, -0.15) is 5.10 Å². The first-order chi connectivity index (χ1) is 21.4. The van der Waals surface area contributed by atoms with E-state index < -0.39 is 17.7 Å². The molecule has 0 unspecified atom stereocenters. The number of aromatic nitrogens is 3. The number of fused-ring (bicyclic) bond motifs is 2. The predicted molar refractivity (Wildman–Crippen MR) is 182 cm³/mol. The van der Waals surface area contributed by atoms with E-state index in [4.69, 9.17) is 31.2 Å². The van der Waals surface area contributed by atoms with Crippen molar-refractivity contribution in [3.8, 4) is 21.7 Å². The number of nitrogens with one attached hydrogen (secondary N) is 1. The van der Waals surface area contributed by atoms with E-state index in [0.717, 1.165) is 73.8 Å². The van der Waals surface area contributed by atoms with Crippen molar-refractivity contribution >= 4 is 55.8 Å². The van der Waals surface area contributed by atoms with Crippen molar-refractivity contribution in [1.29, 1.82) is 0 Å². The van der Waals surface area contributed by atoms with Crippen LogP contribution in [0.2, 0.25) is 5.02 Å². The lowest BCUT2D eigenvalue weighted by Gasteiger charge is -2.39. The Morgan fingerprint density at radius 1 is 1.16 bits per heavy atom. The number of halogens is 1. The van der Waals surface area contributed by atoms with Crippen molar-refractivity contribution in [2.45, 2.75) is 45.5 Å². The fraction of sp³-hybridized carbons (Fsp3) is 0.382. The molecule has 3 heterocycles. The van der Waals surface area contributed by atoms with Gasteiger partial charge in [-0.15, -0.1) is 11.3 Å². The van der Waals surface area contributed by atoms with Gasteiger partial charge in [0, 0.05) is 53.8 Å². The van der Waals surface area contributed by atoms with Crippen LogP contribution in [0.1, 0.15) is 38.0 Å². The highest BCUT2D eigenvalue weighted by atomic mass is 35.5. The zero-order valence-corrected chi connectivity index (χ0v) is 27.9. The number of anilines is 1. The number of carboxylic acids is 1. The molecule has 1 aliphatic heterocycles. The molecular formula is C34H38ClN5O4S. The molecule has 5 aromatic rings. The zero-order valence-electron chi connectivity index (χ0n) is 26.3. The molecule has 0 spiro atoms. The fourth-order valence-corrected chi connectivity index (χ4v) is 7.07. The minimum Gasteiger partial charge on any atom is -0.479 e. The van der Waals surface area contributed by atoms with E-state index in [1.54, 1.807) is 11.3 Å². The summed E-state index contributed by atoms with van der Waals surface area (Å²) in [5.41, 5.74) is 5.22. The van der Waals surface area contributed by atoms with Crippen LogP contribution in [0.25, 0.3) is 42.8 Å². The summed E-state index contributed by atoms with van der Waals surface area (Å²) in [7, 11) is 3.89. The second-order valence-corrected chi connectivity index (χ2v) is 13.9. The van der Waals surface area contributed by atoms with Gasteiger partial charge in [0.2, 0.25) is 0 Å². The SMILES string of the molecule is CNCCOC1CN(c2nn(C)c3ccc(-c4nc5cc(C)c([C@H](OC(C)(C)C)C(=O)O)c(-c6ccc(Cl)cc6)c5s4)cc23)C1. The maximum Gasteiger partial charge on any atom is 0.337 e. The molecule has 9 nitrogen and oxygen atoms in total. The van der Waals surface area contributed by atoms with E-state index in [0.29, 0.717) is 17.2 Å². The second-order valence-electron chi connectivity index (χ2n) is 12.5. The van der Waals surface area contributed by atoms with Gasteiger partial charge in [-0.05, 0) is 82.3 Å². The molecule has 1 aliphatic rings. The maximum atomic E-state index is 12.7. The fourth-order valence-electron chi connectivity index (χ4n) is 5.82. The molecule has 2 aromatic heterocycles. The van der Waals surface area contributed by atoms with Crippen LogP contribution in [0.5, 0.6) is 0 Å². The van der Waals surface area contributed by atoms with Gasteiger partial charge in [-0.25, -0.2) is 9.78 Å². The molecule has 1 saturated heterocycles. The van der Waals surface area contributed by atoms with Crippen LogP contribution in [0, 0.1) is 6.92 Å². The summed E-state index contributed by atoms with van der Waals surface area (Å²) in [6.45, 7) is 10.6. The van der Waals surface area contributed by atoms with Crippen LogP contribution in [0.15, 0.2) is 48.5 Å². The average molecular weight is 648 g/mol. The molecular weight excluding hydrogens is 610 g/mol. The Labute approximate surface area is 271 Å². The largest absolute Gasteiger partial charge is 0.479 e. The third-order valence-electron chi connectivity index (χ3n) is 7.95. The predicted octanol–water partition coefficient (Wildman–Crippen LogP) is 6.84. The number of aryl methyl sites for hydroxylation is 2. The molecule has 1 atom stereocenters. The quantitative estimate of drug-likeness (QED) is 0.159. The highest BCUT2D eigenvalue weighted by Gasteiger charge is 2.33. The van der Waals surface area contributed by atoms with Crippen LogP contribution in [-0.2, 0) is 21.3 Å². The summed E-state index contributed by atoms with van der Waals surface area (Å²) < 4.78 is 14.9. The summed E-state index contributed by atoms with van der Waals surface area (Å²) in [5.74, 6) is -0.102. The molecule has 45 heavy (non-hydrogen) atoms. The van der Waals surface area contributed by atoms with E-state index in [-0.39, 0.29) is 6.10 Å². The minimum absolute atomic E-state index is 0.198. The van der Waals surface area contributed by atoms with Gasteiger partial charge in [-0.1, -0.05) is 23.7 Å². The summed E-state index contributed by atoms with van der Waals surface area (Å²) >= 11 is 7.81. The summed E-state index contributed by atoms with van der Waals surface area (Å²) in [5, 5.41) is 20.8. The maximum absolute atomic E-state index is 12.7. The van der Waals surface area contributed by atoms with Crippen molar-refractivity contribution < 1.29 is 19.4 Å². The first-order valence-corrected chi connectivity index (χ1v) is 16.2. The Hall–Kier alpha value is -3.54. The third-order valence-corrected chi connectivity index (χ3v) is 9.34. The molecule has 0 aliphatic carbocycles. The van der Waals surface area contributed by atoms with E-state index in [1.165, 1.54) is 0 Å². The Balaban J connectivity index is 1.45. The highest BCUT2D eigenvalue weighted by molar-refractivity contribution is 7.22. The number of thiazole rings is 1. The molecule has 2 N–H and O–H groups in total. The molecule has 3 aromatic carbocycles. The monoisotopic (exact) mass is 647 g/mol. The van der Waals surface area contributed by atoms with Crippen LogP contribution in [-0.4, -0.2) is 70.8 Å². The van der Waals surface area contributed by atoms with E-state index in [9.17, 15) is 9.90 Å². The Bertz CT molecular complexity index is 1870. The number of aliphatic carboxylic acids is 1. The topological polar surface area (TPSA) is 102 Å². The van der Waals surface area contributed by atoms with Crippen molar-refractivity contribution in [2.24, 2.45) is 7.05 Å². The normalized spacial score (nSPS) is 14.8. The number of carbonyl (C=O) groups is 1. The number of ether oxygens (including phenoxy) is 2. The number of rotatable bonds is 10. The number of hydrogen-bond acceptors (Lipinski definition) is 8. The first-order valence-electron chi connectivity index (χ1n) is 15.0. The van der Waals surface area contributed by atoms with E-state index >= 15 is 0 Å². The minimum atomic E-state index is -1.16. The second kappa shape index (κ2) is 12.3. The van der Waals surface area contributed by atoms with E-state index in [1.807, 2.05) is 76.8 Å². The zero-order chi connectivity index (χ0) is 32.0. The smallest absolute Gasteiger partial charge is 0.337 e. The van der Waals surface area contributed by atoms with Gasteiger partial charge in [-0.3, -0.25) is 4.68 Å². The van der Waals surface area contributed by atoms with Crippen LogP contribution < -0.4 is 10.2 Å². The van der Waals surface area contributed by atoms with Gasteiger partial charge in [0.15, 0.2) is 11.9 Å². The van der Waals surface area contributed by atoms with Crippen molar-refractivity contribution in [3.63, 3.8) is 0 Å². The van der Waals surface area contributed by atoms with Crippen molar-refractivity contribution in [1.82, 2.24) is 20.1 Å². The summed E-state index contributed by atoms with van der Waals surface area (Å²) in [6.07, 6.45) is -0.967. The molecule has 1 fully saturated rings. The first kappa shape index (κ1) is 31.4. The Morgan fingerprint density at radius 2 is 1.87 bits per heavy atom. The van der Waals surface area contributed by atoms with Crippen LogP contribution in [0.3, 0.4) is 0 Å². The number of benzene rings is 3. The number of hydrogen-bond donors (Lipinski definition) is 2. The molecule has 0 saturated carbocycles. The molecule has 0 radical (unpaired) electrons. The summed E-state index contributed by atoms with van der Waals surface area (Å²) in [6, 6.07) is 15.8. The Morgan fingerprint density at radius 3 is 2.53 bits per heavy atom. The van der Waals surface area contributed by atoms with Crippen molar-refractivity contribution in [2.75, 3.05) is 38.2 Å². The van der Waals surface area contributed by atoms with E-state index in [2.05, 4.69) is 28.4 Å². The highest BCUT2D eigenvalue weighted by Crippen LogP contribution is 2.45. The number of nitrogens with zero attached hydrogens (tertiary/aromatic N) is 4. The molecule has 0 bridgehead atoms. The number of likely N-dealkylation sites (N-methyl/N-ethyl adjacent to an activating group) is 1. The van der Waals surface area contributed by atoms with Crippen LogP contribution >= 0.6 is 22.9 Å². The van der Waals surface area contributed by atoms with Gasteiger partial charge >= 0.3 is 5.97 Å². The lowest BCUT2D eigenvalue weighted by Crippen LogP contribution is -2.53. The third kappa shape index (κ3) is 6.30. The van der Waals surface area contributed by atoms with Crippen molar-refractivity contribution in [3.05, 3.63) is 64.7 Å². The lowest BCUT2D eigenvalue weighted by atomic mass is 9.91. The molecule has 0 amide bonds. The molecule has 11 heteroatoms. The number of carboxylic acid groups (broad SMARTS) is 1.